The Balaban J connectivity index is 1.73. The molecule has 0 aromatic rings. The highest BCUT2D eigenvalue weighted by Crippen LogP contribution is 2.71. The molecule has 4 heteroatoms. The van der Waals surface area contributed by atoms with Crippen LogP contribution in [0.4, 0.5) is 0 Å². The monoisotopic (exact) mass is 409 g/mol. The summed E-state index contributed by atoms with van der Waals surface area (Å²) < 4.78 is 30.5. The molecule has 0 aromatic heterocycles. The Morgan fingerprint density at radius 1 is 0.750 bits per heavy atom. The van der Waals surface area contributed by atoms with Crippen LogP contribution in [0.3, 0.4) is 0 Å². The van der Waals surface area contributed by atoms with Gasteiger partial charge in [-0.1, -0.05) is 52.4 Å². The van der Waals surface area contributed by atoms with Gasteiger partial charge in [-0.05, 0) is 82.0 Å². The second kappa shape index (κ2) is 7.25. The largest absolute Gasteiger partial charge is 0.220 e. The van der Waals surface area contributed by atoms with Crippen molar-refractivity contribution in [2.24, 2.45) is 16.7 Å². The Bertz CT molecular complexity index is 643. The molecule has 0 atom stereocenters. The van der Waals surface area contributed by atoms with Gasteiger partial charge in [-0.15, -0.1) is 0 Å². The fourth-order valence-corrected chi connectivity index (χ4v) is 10.8. The standard InChI is InChI=1S/C24H43NO2S/c1-22(2)19-15-17-24(22,18-16-19)23(3,4)28(26,27)25(20-11-7-5-8-12-20)21-13-9-6-10-14-21/h19-21H,5-18H2,1-4H3. The Labute approximate surface area is 174 Å². The van der Waals surface area contributed by atoms with Crippen molar-refractivity contribution in [1.29, 1.82) is 0 Å². The first kappa shape index (κ1) is 21.2. The maximum absolute atomic E-state index is 14.5. The summed E-state index contributed by atoms with van der Waals surface area (Å²) in [5, 5.41) is 0. The quantitative estimate of drug-likeness (QED) is 0.536. The lowest BCUT2D eigenvalue weighted by Gasteiger charge is -2.53. The fourth-order valence-electron chi connectivity index (χ4n) is 8.12. The summed E-state index contributed by atoms with van der Waals surface area (Å²) in [6.07, 6.45) is 16.3. The van der Waals surface area contributed by atoms with E-state index in [0.717, 1.165) is 38.5 Å². The molecule has 4 saturated carbocycles. The number of nitrogens with zero attached hydrogens (tertiary/aromatic N) is 1. The van der Waals surface area contributed by atoms with E-state index in [1.54, 1.807) is 0 Å². The Hall–Kier alpha value is -0.0900. The Kier molecular flexibility index (Phi) is 5.48. The van der Waals surface area contributed by atoms with E-state index in [2.05, 4.69) is 32.0 Å². The van der Waals surface area contributed by atoms with Crippen LogP contribution < -0.4 is 0 Å². The normalized spacial score (nSPS) is 35.0. The van der Waals surface area contributed by atoms with E-state index in [4.69, 9.17) is 0 Å². The van der Waals surface area contributed by atoms with E-state index in [0.29, 0.717) is 5.92 Å². The first-order chi connectivity index (χ1) is 13.2. The average Bonchev–Trinajstić information content (AvgIpc) is 3.09. The summed E-state index contributed by atoms with van der Waals surface area (Å²) in [6.45, 7) is 8.97. The van der Waals surface area contributed by atoms with Crippen molar-refractivity contribution in [2.75, 3.05) is 0 Å². The van der Waals surface area contributed by atoms with Gasteiger partial charge < -0.3 is 0 Å². The highest BCUT2D eigenvalue weighted by molar-refractivity contribution is 7.90. The lowest BCUT2D eigenvalue weighted by atomic mass is 9.62. The van der Waals surface area contributed by atoms with E-state index in [1.165, 1.54) is 51.4 Å². The number of fused-ring (bicyclic) bond motifs is 2. The predicted molar refractivity (Wildman–Crippen MR) is 117 cm³/mol. The van der Waals surface area contributed by atoms with E-state index in [-0.39, 0.29) is 22.9 Å². The zero-order chi connectivity index (χ0) is 20.2. The summed E-state index contributed by atoms with van der Waals surface area (Å²) in [4.78, 5) is 0. The first-order valence-corrected chi connectivity index (χ1v) is 13.6. The minimum absolute atomic E-state index is 0.0644. The maximum atomic E-state index is 14.5. The van der Waals surface area contributed by atoms with E-state index in [9.17, 15) is 8.42 Å². The molecule has 0 unspecified atom stereocenters. The molecule has 0 saturated heterocycles. The first-order valence-electron chi connectivity index (χ1n) is 12.2. The molecule has 0 aromatic carbocycles. The van der Waals surface area contributed by atoms with Crippen LogP contribution in [0.2, 0.25) is 0 Å². The van der Waals surface area contributed by atoms with Crippen molar-refractivity contribution >= 4 is 10.0 Å². The number of rotatable bonds is 5. The van der Waals surface area contributed by atoms with Crippen molar-refractivity contribution in [3.63, 3.8) is 0 Å². The lowest BCUT2D eigenvalue weighted by molar-refractivity contribution is 0.0743. The van der Waals surface area contributed by atoms with Crippen LogP contribution in [0.25, 0.3) is 0 Å². The molecular weight excluding hydrogens is 366 g/mol. The molecule has 0 N–H and O–H groups in total. The highest BCUT2D eigenvalue weighted by atomic mass is 32.2. The van der Waals surface area contributed by atoms with Gasteiger partial charge in [0.1, 0.15) is 0 Å². The molecule has 4 aliphatic carbocycles. The van der Waals surface area contributed by atoms with Gasteiger partial charge in [-0.25, -0.2) is 8.42 Å². The topological polar surface area (TPSA) is 37.4 Å². The molecule has 0 amide bonds. The van der Waals surface area contributed by atoms with Crippen LogP contribution in [0.15, 0.2) is 0 Å². The molecule has 4 aliphatic rings. The van der Waals surface area contributed by atoms with Crippen LogP contribution in [0.5, 0.6) is 0 Å². The minimum atomic E-state index is -3.36. The van der Waals surface area contributed by atoms with Crippen LogP contribution in [0, 0.1) is 16.7 Å². The van der Waals surface area contributed by atoms with E-state index in [1.807, 2.05) is 0 Å². The molecule has 0 spiro atoms. The number of hydrogen-bond donors (Lipinski definition) is 0. The second-order valence-corrected chi connectivity index (χ2v) is 13.9. The van der Waals surface area contributed by atoms with E-state index < -0.39 is 14.8 Å². The SMILES string of the molecule is CC1(C)C2CCC1(C(C)(C)S(=O)(=O)N(C1CCCCC1)C1CCCCC1)CC2. The van der Waals surface area contributed by atoms with Gasteiger partial charge in [-0.2, -0.15) is 4.31 Å². The molecule has 0 aliphatic heterocycles. The van der Waals surface area contributed by atoms with E-state index >= 15 is 0 Å². The molecule has 0 heterocycles. The molecule has 3 nitrogen and oxygen atoms in total. The zero-order valence-corrected chi connectivity index (χ0v) is 19.6. The predicted octanol–water partition coefficient (Wildman–Crippen LogP) is 6.28. The Morgan fingerprint density at radius 2 is 1.18 bits per heavy atom. The van der Waals surface area contributed by atoms with Gasteiger partial charge >= 0.3 is 0 Å². The van der Waals surface area contributed by atoms with Crippen LogP contribution in [0.1, 0.15) is 118 Å². The Morgan fingerprint density at radius 3 is 1.54 bits per heavy atom. The third kappa shape index (κ3) is 2.87. The molecule has 4 fully saturated rings. The van der Waals surface area contributed by atoms with Gasteiger partial charge in [-0.3, -0.25) is 0 Å². The lowest BCUT2D eigenvalue weighted by Crippen LogP contribution is -2.61. The molecule has 162 valence electrons. The van der Waals surface area contributed by atoms with Crippen molar-refractivity contribution in [2.45, 2.75) is 134 Å². The van der Waals surface area contributed by atoms with Gasteiger partial charge in [0.15, 0.2) is 0 Å². The summed E-state index contributed by atoms with van der Waals surface area (Å²) in [5.74, 6) is 0.708. The molecule has 4 rings (SSSR count). The van der Waals surface area contributed by atoms with Crippen molar-refractivity contribution in [1.82, 2.24) is 4.31 Å². The maximum Gasteiger partial charge on any atom is 0.220 e. The third-order valence-corrected chi connectivity index (χ3v) is 12.9. The third-order valence-electron chi connectivity index (χ3n) is 10.0. The van der Waals surface area contributed by atoms with Crippen LogP contribution >= 0.6 is 0 Å². The molecule has 2 bridgehead atoms. The minimum Gasteiger partial charge on any atom is -0.212 e. The molecular formula is C24H43NO2S. The van der Waals surface area contributed by atoms with Gasteiger partial charge in [0, 0.05) is 12.1 Å². The highest BCUT2D eigenvalue weighted by Gasteiger charge is 2.69. The summed E-state index contributed by atoms with van der Waals surface area (Å²) in [6, 6.07) is 0.499. The summed E-state index contributed by atoms with van der Waals surface area (Å²) >= 11 is 0. The summed E-state index contributed by atoms with van der Waals surface area (Å²) in [5.41, 5.74) is 0.0689. The van der Waals surface area contributed by atoms with Crippen molar-refractivity contribution in [3.8, 4) is 0 Å². The fraction of sp³-hybridized carbons (Fsp3) is 1.00. The van der Waals surface area contributed by atoms with Crippen molar-refractivity contribution in [3.05, 3.63) is 0 Å². The molecule has 0 radical (unpaired) electrons. The van der Waals surface area contributed by atoms with Crippen LogP contribution in [-0.2, 0) is 10.0 Å². The average molecular weight is 410 g/mol. The smallest absolute Gasteiger partial charge is 0.212 e. The zero-order valence-electron chi connectivity index (χ0n) is 18.8. The van der Waals surface area contributed by atoms with Gasteiger partial charge in [0.2, 0.25) is 10.0 Å². The van der Waals surface area contributed by atoms with Gasteiger partial charge in [0.05, 0.1) is 4.75 Å². The van der Waals surface area contributed by atoms with Crippen LogP contribution in [-0.4, -0.2) is 29.6 Å². The van der Waals surface area contributed by atoms with Gasteiger partial charge in [0.25, 0.3) is 0 Å². The van der Waals surface area contributed by atoms with Crippen molar-refractivity contribution < 1.29 is 8.42 Å². The second-order valence-electron chi connectivity index (χ2n) is 11.5. The summed E-state index contributed by atoms with van der Waals surface area (Å²) in [7, 11) is -3.36. The molecule has 28 heavy (non-hydrogen) atoms. The number of hydrogen-bond acceptors (Lipinski definition) is 2. The number of sulfonamides is 1.